The number of oxime groups is 1. The Morgan fingerprint density at radius 1 is 1.11 bits per heavy atom. The van der Waals surface area contributed by atoms with E-state index in [1.54, 1.807) is 27.0 Å². The molecule has 0 aliphatic carbocycles. The van der Waals surface area contributed by atoms with E-state index in [1.165, 1.54) is 51.6 Å². The van der Waals surface area contributed by atoms with Gasteiger partial charge in [0.15, 0.2) is 16.9 Å². The summed E-state index contributed by atoms with van der Waals surface area (Å²) in [6.45, 7) is 8.79. The van der Waals surface area contributed by atoms with Gasteiger partial charge in [-0.15, -0.1) is 40.0 Å². The number of β-lactam (4-membered cyclic amide) rings is 1. The van der Waals surface area contributed by atoms with Crippen molar-refractivity contribution in [3.05, 3.63) is 112 Å². The number of esters is 1. The molecule has 0 saturated carbocycles. The van der Waals surface area contributed by atoms with Crippen molar-refractivity contribution in [2.24, 2.45) is 5.16 Å². The third kappa shape index (κ3) is 9.96. The van der Waals surface area contributed by atoms with Crippen LogP contribution in [0, 0.1) is 0 Å². The first-order valence-corrected chi connectivity index (χ1v) is 20.6. The molecule has 4 heterocycles. The number of thioether (sulfide) groups is 3. The molecule has 2 aliphatic rings. The lowest BCUT2D eigenvalue weighted by atomic mass is 10.0. The Labute approximate surface area is 333 Å². The van der Waals surface area contributed by atoms with Crippen molar-refractivity contribution in [2.75, 3.05) is 22.8 Å². The number of rotatable bonds is 15. The quantitative estimate of drug-likeness (QED) is 0.0187. The number of carbonyl (C=O) groups is 4. The molecule has 19 heteroatoms. The third-order valence-corrected chi connectivity index (χ3v) is 11.9. The molecule has 2 atom stereocenters. The van der Waals surface area contributed by atoms with Crippen LogP contribution < -0.4 is 10.6 Å². The molecule has 0 unspecified atom stereocenters. The topological polar surface area (TPSA) is 190 Å². The van der Waals surface area contributed by atoms with Gasteiger partial charge in [-0.1, -0.05) is 95.4 Å². The van der Waals surface area contributed by atoms with Crippen molar-refractivity contribution >= 4 is 81.3 Å². The first kappa shape index (κ1) is 39.6. The van der Waals surface area contributed by atoms with Gasteiger partial charge in [0.25, 0.3) is 11.8 Å². The molecule has 1 saturated heterocycles. The summed E-state index contributed by atoms with van der Waals surface area (Å²) in [7, 11) is 0. The van der Waals surface area contributed by atoms with Gasteiger partial charge in [0.2, 0.25) is 0 Å². The molecule has 0 spiro atoms. The van der Waals surface area contributed by atoms with E-state index < -0.39 is 47.0 Å². The zero-order valence-corrected chi connectivity index (χ0v) is 33.1. The highest BCUT2D eigenvalue weighted by Crippen LogP contribution is 2.45. The number of fused-ring (bicyclic) bond motifs is 1. The average molecular weight is 821 g/mol. The van der Waals surface area contributed by atoms with E-state index in [-0.39, 0.29) is 28.8 Å². The Balaban J connectivity index is 1.23. The highest BCUT2D eigenvalue weighted by Gasteiger charge is 2.55. The van der Waals surface area contributed by atoms with Gasteiger partial charge < -0.3 is 19.6 Å². The van der Waals surface area contributed by atoms with E-state index in [9.17, 15) is 19.2 Å². The fraction of sp³-hybridized carbons (Fsp3) is 0.278. The molecular formula is C36H36N8O7S4. The molecule has 0 radical (unpaired) electrons. The average Bonchev–Trinajstić information content (AvgIpc) is 3.86. The number of nitrogens with one attached hydrogen (secondary N) is 3. The van der Waals surface area contributed by atoms with Gasteiger partial charge in [0.1, 0.15) is 40.0 Å². The van der Waals surface area contributed by atoms with Crippen molar-refractivity contribution < 1.29 is 33.5 Å². The van der Waals surface area contributed by atoms with E-state index in [4.69, 9.17) is 14.3 Å². The van der Waals surface area contributed by atoms with Gasteiger partial charge in [0.05, 0.1) is 11.3 Å². The third-order valence-electron chi connectivity index (χ3n) is 7.60. The van der Waals surface area contributed by atoms with E-state index in [2.05, 4.69) is 42.8 Å². The van der Waals surface area contributed by atoms with E-state index in [1.807, 2.05) is 60.7 Å². The number of carbonyl (C=O) groups excluding carboxylic acids is 4. The summed E-state index contributed by atoms with van der Waals surface area (Å²) < 4.78 is 11.5. The number of aromatic nitrogens is 4. The molecule has 2 aliphatic heterocycles. The minimum Gasteiger partial charge on any atom is -0.448 e. The molecule has 0 bridgehead atoms. The molecule has 6 rings (SSSR count). The Kier molecular flexibility index (Phi) is 13.0. The lowest BCUT2D eigenvalue weighted by Gasteiger charge is -2.49. The lowest BCUT2D eigenvalue weighted by molar-refractivity contribution is -0.154. The number of thiazole rings is 1. The van der Waals surface area contributed by atoms with E-state index >= 15 is 0 Å². The molecule has 2 aromatic heterocycles. The molecule has 55 heavy (non-hydrogen) atoms. The Morgan fingerprint density at radius 3 is 2.45 bits per heavy atom. The molecule has 3 N–H and O–H groups in total. The summed E-state index contributed by atoms with van der Waals surface area (Å²) in [4.78, 5) is 66.0. The lowest BCUT2D eigenvalue weighted by Crippen LogP contribution is -2.71. The van der Waals surface area contributed by atoms with Crippen LogP contribution >= 0.6 is 46.6 Å². The summed E-state index contributed by atoms with van der Waals surface area (Å²) in [5.74, 6) is -1.57. The van der Waals surface area contributed by atoms with Crippen LogP contribution in [-0.4, -0.2) is 89.3 Å². The molecule has 3 amide bonds. The fourth-order valence-electron chi connectivity index (χ4n) is 5.26. The Morgan fingerprint density at radius 2 is 1.82 bits per heavy atom. The second kappa shape index (κ2) is 18.0. The van der Waals surface area contributed by atoms with Gasteiger partial charge >= 0.3 is 12.1 Å². The van der Waals surface area contributed by atoms with Gasteiger partial charge in [-0.2, -0.15) is 0 Å². The first-order valence-electron chi connectivity index (χ1n) is 16.7. The summed E-state index contributed by atoms with van der Waals surface area (Å²) in [5, 5.41) is 21.9. The van der Waals surface area contributed by atoms with Crippen molar-refractivity contribution in [3.8, 4) is 0 Å². The normalized spacial score (nSPS) is 16.9. The maximum absolute atomic E-state index is 14.3. The van der Waals surface area contributed by atoms with Crippen LogP contribution in [0.4, 0.5) is 9.93 Å². The standard InChI is InChI=1S/C36H36N8O7S4/c1-5-16-49-42-26(23-18-53-34(38-23)40-35(48)51-36(2,3)4)30(45)39-27-31(46)44-28(24(19-52-32(27)44)54-20-55-25-17-37-43-41-25)33(47)50-29(21-12-8-6-9-13-21)22-14-10-7-11-15-22/h5-15,17-18,27,29,32H,1,16,19-20H2,2-4H3,(H,39,45)(H,37,41,43)(H,38,40,48)/b42-26-/t27-,32-/m1/s1. The van der Waals surface area contributed by atoms with Crippen molar-refractivity contribution in [1.82, 2.24) is 30.6 Å². The van der Waals surface area contributed by atoms with E-state index in [0.717, 1.165) is 22.5 Å². The monoisotopic (exact) mass is 820 g/mol. The number of ether oxygens (including phenoxy) is 2. The van der Waals surface area contributed by atoms with Gasteiger partial charge in [-0.25, -0.2) is 14.6 Å². The van der Waals surface area contributed by atoms with Crippen LogP contribution in [0.1, 0.15) is 43.7 Å². The van der Waals surface area contributed by atoms with Crippen molar-refractivity contribution in [2.45, 2.75) is 48.9 Å². The maximum Gasteiger partial charge on any atom is 0.413 e. The minimum atomic E-state index is -1.02. The van der Waals surface area contributed by atoms with Crippen LogP contribution in [0.15, 0.2) is 106 Å². The number of amides is 3. The number of anilines is 1. The molecule has 15 nitrogen and oxygen atoms in total. The second-order valence-corrected chi connectivity index (χ2v) is 17.0. The Bertz CT molecular complexity index is 2030. The van der Waals surface area contributed by atoms with E-state index in [0.29, 0.717) is 20.8 Å². The fourth-order valence-corrected chi connectivity index (χ4v) is 9.51. The molecule has 4 aromatic rings. The largest absolute Gasteiger partial charge is 0.448 e. The summed E-state index contributed by atoms with van der Waals surface area (Å²) in [5.41, 5.74) is 0.769. The minimum absolute atomic E-state index is 0.00282. The van der Waals surface area contributed by atoms with Gasteiger partial charge in [-0.3, -0.25) is 24.9 Å². The number of aromatic amines is 1. The van der Waals surface area contributed by atoms with Crippen LogP contribution in [0.3, 0.4) is 0 Å². The highest BCUT2D eigenvalue weighted by molar-refractivity contribution is 8.18. The van der Waals surface area contributed by atoms with Crippen molar-refractivity contribution in [1.29, 1.82) is 0 Å². The molecule has 286 valence electrons. The smallest absolute Gasteiger partial charge is 0.413 e. The number of hydrogen-bond donors (Lipinski definition) is 3. The number of H-pyrrole nitrogens is 1. The van der Waals surface area contributed by atoms with Gasteiger partial charge in [0, 0.05) is 16.0 Å². The number of nitrogens with zero attached hydrogens (tertiary/aromatic N) is 5. The predicted molar refractivity (Wildman–Crippen MR) is 212 cm³/mol. The second-order valence-electron chi connectivity index (χ2n) is 12.6. The van der Waals surface area contributed by atoms with Crippen LogP contribution in [0.2, 0.25) is 0 Å². The van der Waals surface area contributed by atoms with Crippen LogP contribution in [-0.2, 0) is 28.7 Å². The molecule has 2 aromatic carbocycles. The predicted octanol–water partition coefficient (Wildman–Crippen LogP) is 5.94. The number of hydrogen-bond acceptors (Lipinski definition) is 15. The van der Waals surface area contributed by atoms with Crippen LogP contribution in [0.5, 0.6) is 0 Å². The summed E-state index contributed by atoms with van der Waals surface area (Å²) in [6, 6.07) is 17.7. The zero-order chi connectivity index (χ0) is 39.0. The highest BCUT2D eigenvalue weighted by atomic mass is 32.2. The summed E-state index contributed by atoms with van der Waals surface area (Å²) in [6.07, 6.45) is 1.65. The molecular weight excluding hydrogens is 785 g/mol. The zero-order valence-electron chi connectivity index (χ0n) is 29.8. The maximum atomic E-state index is 14.3. The van der Waals surface area contributed by atoms with Gasteiger partial charge in [-0.05, 0) is 31.9 Å². The molecule has 1 fully saturated rings. The number of benzene rings is 2. The summed E-state index contributed by atoms with van der Waals surface area (Å²) >= 11 is 5.27. The van der Waals surface area contributed by atoms with Crippen molar-refractivity contribution in [3.63, 3.8) is 0 Å². The Hall–Kier alpha value is -5.11. The van der Waals surface area contributed by atoms with Crippen LogP contribution in [0.25, 0.3) is 0 Å². The first-order chi connectivity index (χ1) is 26.5. The SMILES string of the molecule is C=CCO/N=C(\C(=O)N[C@@H]1C(=O)N2C(C(=O)OC(c3ccccc3)c3ccccc3)=C(SCSc3c[nH]nn3)CS[C@H]12)c1csc(NC(=O)OC(C)(C)C)n1.